The predicted molar refractivity (Wildman–Crippen MR) is 108 cm³/mol. The van der Waals surface area contributed by atoms with E-state index in [1.807, 2.05) is 27.7 Å². The van der Waals surface area contributed by atoms with Crippen molar-refractivity contribution in [2.45, 2.75) is 65.3 Å². The van der Waals surface area contributed by atoms with Crippen LogP contribution in [-0.2, 0) is 14.0 Å². The zero-order valence-corrected chi connectivity index (χ0v) is 17.7. The van der Waals surface area contributed by atoms with Crippen LogP contribution in [0.4, 0.5) is 4.79 Å². The maximum atomic E-state index is 12.1. The van der Waals surface area contributed by atoms with Crippen LogP contribution in [0.5, 0.6) is 0 Å². The minimum Gasteiger partial charge on any atom is -0.444 e. The molecule has 8 heteroatoms. The van der Waals surface area contributed by atoms with Crippen molar-refractivity contribution in [1.29, 1.82) is 0 Å². The van der Waals surface area contributed by atoms with Crippen LogP contribution in [0.15, 0.2) is 23.8 Å². The highest BCUT2D eigenvalue weighted by Gasteiger charge is 2.52. The van der Waals surface area contributed by atoms with Gasteiger partial charge in [0.25, 0.3) is 0 Å². The largest absolute Gasteiger partial charge is 0.492 e. The van der Waals surface area contributed by atoms with Gasteiger partial charge in [0.1, 0.15) is 5.60 Å². The lowest BCUT2D eigenvalue weighted by Gasteiger charge is -2.32. The first-order valence-corrected chi connectivity index (χ1v) is 9.27. The molecular formula is C20H29BN2O5. The van der Waals surface area contributed by atoms with Crippen molar-refractivity contribution < 1.29 is 23.6 Å². The van der Waals surface area contributed by atoms with E-state index in [0.29, 0.717) is 16.7 Å². The smallest absolute Gasteiger partial charge is 0.444 e. The number of rotatable bonds is 5. The molecule has 0 spiro atoms. The minimum atomic E-state index is -0.646. The lowest BCUT2D eigenvalue weighted by Crippen LogP contribution is -2.41. The fourth-order valence-corrected chi connectivity index (χ4v) is 2.45. The number of hydrogen-bond donors (Lipinski definition) is 1. The molecule has 0 unspecified atom stereocenters. The number of aromatic nitrogens is 1. The zero-order chi connectivity index (χ0) is 21.2. The molecule has 1 aromatic rings. The van der Waals surface area contributed by atoms with Crippen LogP contribution in [-0.4, -0.2) is 47.8 Å². The van der Waals surface area contributed by atoms with Gasteiger partial charge in [0.05, 0.1) is 16.9 Å². The lowest BCUT2D eigenvalue weighted by molar-refractivity contribution is 0.00578. The third kappa shape index (κ3) is 5.66. The summed E-state index contributed by atoms with van der Waals surface area (Å²) in [5, 5.41) is 2.74. The average molecular weight is 388 g/mol. The maximum Gasteiger partial charge on any atom is 0.492 e. The molecule has 28 heavy (non-hydrogen) atoms. The van der Waals surface area contributed by atoms with Gasteiger partial charge < -0.3 is 19.4 Å². The average Bonchev–Trinajstić information content (AvgIpc) is 2.78. The standard InChI is InChI=1S/C20H29BN2O5/c1-18(2,3)26-17(25)23-12-15(10-16-9-8-14(13-24)11-22-16)21-27-19(4,5)20(6,7)28-21/h8-11,13H,12H2,1-7H3,(H,23,25). The molecule has 1 amide bonds. The van der Waals surface area contributed by atoms with Crippen molar-refractivity contribution in [3.8, 4) is 0 Å². The van der Waals surface area contributed by atoms with Crippen molar-refractivity contribution >= 4 is 25.6 Å². The summed E-state index contributed by atoms with van der Waals surface area (Å²) in [6.07, 6.45) is 3.48. The second-order valence-corrected chi connectivity index (χ2v) is 8.80. The number of nitrogens with one attached hydrogen (secondary N) is 1. The number of amides is 1. The van der Waals surface area contributed by atoms with Crippen LogP contribution in [0, 0.1) is 0 Å². The maximum absolute atomic E-state index is 12.1. The van der Waals surface area contributed by atoms with Gasteiger partial charge in [0, 0.05) is 18.3 Å². The number of carbonyl (C=O) groups excluding carboxylic acids is 2. The summed E-state index contributed by atoms with van der Waals surface area (Å²) in [4.78, 5) is 27.2. The number of pyridine rings is 1. The number of nitrogens with zero attached hydrogens (tertiary/aromatic N) is 1. The molecule has 0 saturated carbocycles. The molecule has 2 rings (SSSR count). The first-order chi connectivity index (χ1) is 12.8. The molecule has 0 aliphatic carbocycles. The fourth-order valence-electron chi connectivity index (χ4n) is 2.45. The molecule has 0 atom stereocenters. The van der Waals surface area contributed by atoms with Gasteiger partial charge in [-0.05, 0) is 72.1 Å². The van der Waals surface area contributed by atoms with Gasteiger partial charge in [-0.2, -0.15) is 0 Å². The van der Waals surface area contributed by atoms with Gasteiger partial charge >= 0.3 is 13.2 Å². The molecule has 0 radical (unpaired) electrons. The molecule has 1 fully saturated rings. The number of carbonyl (C=O) groups is 2. The van der Waals surface area contributed by atoms with Crippen LogP contribution in [0.1, 0.15) is 64.5 Å². The summed E-state index contributed by atoms with van der Waals surface area (Å²) >= 11 is 0. The van der Waals surface area contributed by atoms with Gasteiger partial charge in [0.2, 0.25) is 0 Å². The van der Waals surface area contributed by atoms with Crippen LogP contribution in [0.2, 0.25) is 0 Å². The summed E-state index contributed by atoms with van der Waals surface area (Å²) in [6, 6.07) is 3.40. The Labute approximate surface area is 167 Å². The molecule has 1 aromatic heterocycles. The molecule has 1 aliphatic rings. The fraction of sp³-hybridized carbons (Fsp3) is 0.550. The van der Waals surface area contributed by atoms with Crippen molar-refractivity contribution in [2.24, 2.45) is 0 Å². The highest BCUT2D eigenvalue weighted by Crippen LogP contribution is 2.38. The first kappa shape index (κ1) is 22.1. The molecular weight excluding hydrogens is 359 g/mol. The van der Waals surface area contributed by atoms with Crippen LogP contribution >= 0.6 is 0 Å². The number of ether oxygens (including phenoxy) is 1. The minimum absolute atomic E-state index is 0.169. The predicted octanol–water partition coefficient (Wildman–Crippen LogP) is 3.43. The summed E-state index contributed by atoms with van der Waals surface area (Å²) in [7, 11) is -0.646. The van der Waals surface area contributed by atoms with E-state index in [1.165, 1.54) is 6.20 Å². The molecule has 1 N–H and O–H groups in total. The summed E-state index contributed by atoms with van der Waals surface area (Å²) < 4.78 is 17.5. The molecule has 0 aromatic carbocycles. The molecule has 152 valence electrons. The molecule has 7 nitrogen and oxygen atoms in total. The van der Waals surface area contributed by atoms with Gasteiger partial charge in [-0.3, -0.25) is 9.78 Å². The Bertz CT molecular complexity index is 735. The van der Waals surface area contributed by atoms with Crippen LogP contribution < -0.4 is 5.32 Å². The molecule has 2 heterocycles. The Morgan fingerprint density at radius 3 is 2.29 bits per heavy atom. The van der Waals surface area contributed by atoms with E-state index >= 15 is 0 Å². The third-order valence-electron chi connectivity index (χ3n) is 4.67. The zero-order valence-electron chi connectivity index (χ0n) is 17.7. The Kier molecular flexibility index (Phi) is 6.36. The second-order valence-electron chi connectivity index (χ2n) is 8.80. The van der Waals surface area contributed by atoms with Gasteiger partial charge in [0.15, 0.2) is 6.29 Å². The summed E-state index contributed by atoms with van der Waals surface area (Å²) in [5.41, 5.74) is 0.179. The Hall–Kier alpha value is -2.19. The van der Waals surface area contributed by atoms with E-state index in [-0.39, 0.29) is 6.54 Å². The van der Waals surface area contributed by atoms with E-state index in [1.54, 1.807) is 39.0 Å². The number of alkyl carbamates (subject to hydrolysis) is 1. The van der Waals surface area contributed by atoms with Crippen molar-refractivity contribution in [3.63, 3.8) is 0 Å². The quantitative estimate of drug-likeness (QED) is 0.614. The Balaban J connectivity index is 2.24. The van der Waals surface area contributed by atoms with E-state index in [4.69, 9.17) is 14.0 Å². The number of hydrogen-bond acceptors (Lipinski definition) is 6. The van der Waals surface area contributed by atoms with Gasteiger partial charge in [-0.15, -0.1) is 0 Å². The highest BCUT2D eigenvalue weighted by molar-refractivity contribution is 6.56. The van der Waals surface area contributed by atoms with Crippen LogP contribution in [0.3, 0.4) is 0 Å². The summed E-state index contributed by atoms with van der Waals surface area (Å²) in [5.74, 6) is 0. The highest BCUT2D eigenvalue weighted by atomic mass is 16.7. The van der Waals surface area contributed by atoms with Crippen molar-refractivity contribution in [1.82, 2.24) is 10.3 Å². The first-order valence-electron chi connectivity index (χ1n) is 9.27. The molecule has 1 aliphatic heterocycles. The van der Waals surface area contributed by atoms with E-state index in [9.17, 15) is 9.59 Å². The number of aldehydes is 1. The normalized spacial score (nSPS) is 18.7. The molecule has 1 saturated heterocycles. The Morgan fingerprint density at radius 1 is 1.21 bits per heavy atom. The van der Waals surface area contributed by atoms with Gasteiger partial charge in [-0.25, -0.2) is 4.79 Å². The topological polar surface area (TPSA) is 86.8 Å². The lowest BCUT2D eigenvalue weighted by atomic mass is 9.77. The summed E-state index contributed by atoms with van der Waals surface area (Å²) in [6.45, 7) is 13.4. The second kappa shape index (κ2) is 8.05. The van der Waals surface area contributed by atoms with E-state index in [2.05, 4.69) is 10.3 Å². The van der Waals surface area contributed by atoms with Crippen molar-refractivity contribution in [3.05, 3.63) is 35.1 Å². The monoisotopic (exact) mass is 388 g/mol. The Morgan fingerprint density at radius 2 is 1.82 bits per heavy atom. The molecule has 0 bridgehead atoms. The van der Waals surface area contributed by atoms with Gasteiger partial charge in [-0.1, -0.05) is 0 Å². The van der Waals surface area contributed by atoms with Crippen molar-refractivity contribution in [2.75, 3.05) is 6.54 Å². The van der Waals surface area contributed by atoms with E-state index in [0.717, 1.165) is 6.29 Å². The SMILES string of the molecule is CC(C)(C)OC(=O)NCC(=Cc1ccc(C=O)cn1)B1OC(C)(C)C(C)(C)O1. The van der Waals surface area contributed by atoms with Crippen LogP contribution in [0.25, 0.3) is 6.08 Å². The van der Waals surface area contributed by atoms with E-state index < -0.39 is 30.0 Å². The third-order valence-corrected chi connectivity index (χ3v) is 4.67.